The lowest BCUT2D eigenvalue weighted by molar-refractivity contribution is -0.141. The normalized spacial score (nSPS) is 21.1. The van der Waals surface area contributed by atoms with Crippen molar-refractivity contribution in [3.63, 3.8) is 0 Å². The Labute approximate surface area is 131 Å². The van der Waals surface area contributed by atoms with Gasteiger partial charge >= 0.3 is 0 Å². The molecule has 1 aromatic rings. The van der Waals surface area contributed by atoms with Crippen LogP contribution in [0.2, 0.25) is 0 Å². The van der Waals surface area contributed by atoms with Crippen molar-refractivity contribution in [2.24, 2.45) is 5.92 Å². The Balaban J connectivity index is 1.49. The molecule has 5 nitrogen and oxygen atoms in total. The molecule has 0 spiro atoms. The molecule has 22 heavy (non-hydrogen) atoms. The first-order valence-corrected chi connectivity index (χ1v) is 8.32. The first-order chi connectivity index (χ1) is 10.6. The Bertz CT molecular complexity index is 510. The van der Waals surface area contributed by atoms with Crippen LogP contribution in [0.5, 0.6) is 0 Å². The molecule has 3 heterocycles. The highest BCUT2D eigenvalue weighted by Gasteiger charge is 2.31. The maximum atomic E-state index is 12.6. The summed E-state index contributed by atoms with van der Waals surface area (Å²) >= 11 is 0. The topological polar surface area (TPSA) is 45.6 Å². The Hall–Kier alpha value is -1.78. The maximum absolute atomic E-state index is 12.6. The van der Waals surface area contributed by atoms with Crippen LogP contribution < -0.4 is 0 Å². The molecule has 1 aromatic heterocycles. The van der Waals surface area contributed by atoms with Crippen molar-refractivity contribution in [1.29, 1.82) is 0 Å². The van der Waals surface area contributed by atoms with Gasteiger partial charge in [-0.3, -0.25) is 9.59 Å². The van der Waals surface area contributed by atoms with Crippen molar-refractivity contribution >= 4 is 11.8 Å². The summed E-state index contributed by atoms with van der Waals surface area (Å²) in [5, 5.41) is 0. The number of carbonyl (C=O) groups excluding carboxylic acids is 2. The van der Waals surface area contributed by atoms with Gasteiger partial charge in [0.15, 0.2) is 0 Å². The predicted molar refractivity (Wildman–Crippen MR) is 84.3 cm³/mol. The molecule has 120 valence electrons. The third kappa shape index (κ3) is 3.18. The number of amides is 2. The number of rotatable bonds is 2. The highest BCUT2D eigenvalue weighted by atomic mass is 16.2. The fourth-order valence-corrected chi connectivity index (χ4v) is 3.68. The van der Waals surface area contributed by atoms with Gasteiger partial charge in [-0.1, -0.05) is 0 Å². The van der Waals surface area contributed by atoms with Gasteiger partial charge in [-0.25, -0.2) is 0 Å². The van der Waals surface area contributed by atoms with Gasteiger partial charge in [-0.05, 0) is 37.8 Å². The molecule has 5 heteroatoms. The minimum absolute atomic E-state index is 0.110. The average Bonchev–Trinajstić information content (AvgIpc) is 3.09. The van der Waals surface area contributed by atoms with Gasteiger partial charge in [0.05, 0.1) is 0 Å². The van der Waals surface area contributed by atoms with E-state index in [0.29, 0.717) is 11.9 Å². The Morgan fingerprint density at radius 3 is 1.95 bits per heavy atom. The standard InChI is InChI=1S/C17H25N3O2/c1-14(21)18-10-4-15(5-11-18)17(22)20-12-6-16(7-13-20)19-8-2-3-9-19/h2-3,8-9,15-16H,4-7,10-13H2,1H3. The van der Waals surface area contributed by atoms with E-state index < -0.39 is 0 Å². The van der Waals surface area contributed by atoms with Crippen LogP contribution in [0.25, 0.3) is 0 Å². The highest BCUT2D eigenvalue weighted by molar-refractivity contribution is 5.79. The molecule has 0 N–H and O–H groups in total. The molecule has 0 aliphatic carbocycles. The first kappa shape index (κ1) is 15.1. The molecule has 2 saturated heterocycles. The third-order valence-electron chi connectivity index (χ3n) is 5.11. The van der Waals surface area contributed by atoms with Gasteiger partial charge in [0, 0.05) is 57.5 Å². The van der Waals surface area contributed by atoms with Crippen LogP contribution in [0.15, 0.2) is 24.5 Å². The summed E-state index contributed by atoms with van der Waals surface area (Å²) in [5.74, 6) is 0.534. The molecule has 0 bridgehead atoms. The molecular formula is C17H25N3O2. The van der Waals surface area contributed by atoms with Gasteiger partial charge in [-0.15, -0.1) is 0 Å². The number of likely N-dealkylation sites (tertiary alicyclic amines) is 2. The largest absolute Gasteiger partial charge is 0.351 e. The molecule has 2 aliphatic rings. The van der Waals surface area contributed by atoms with Crippen LogP contribution in [0.3, 0.4) is 0 Å². The van der Waals surface area contributed by atoms with Gasteiger partial charge < -0.3 is 14.4 Å². The van der Waals surface area contributed by atoms with Gasteiger partial charge in [0.2, 0.25) is 11.8 Å². The van der Waals surface area contributed by atoms with Crippen LogP contribution in [-0.4, -0.2) is 52.4 Å². The molecule has 0 aromatic carbocycles. The van der Waals surface area contributed by atoms with E-state index in [4.69, 9.17) is 0 Å². The van der Waals surface area contributed by atoms with E-state index in [2.05, 4.69) is 29.1 Å². The monoisotopic (exact) mass is 303 g/mol. The fourth-order valence-electron chi connectivity index (χ4n) is 3.68. The Morgan fingerprint density at radius 2 is 1.41 bits per heavy atom. The van der Waals surface area contributed by atoms with Crippen molar-refractivity contribution in [3.05, 3.63) is 24.5 Å². The minimum atomic E-state index is 0.110. The molecule has 2 amide bonds. The van der Waals surface area contributed by atoms with E-state index in [1.165, 1.54) is 0 Å². The molecule has 0 radical (unpaired) electrons. The van der Waals surface area contributed by atoms with Crippen LogP contribution >= 0.6 is 0 Å². The summed E-state index contributed by atoms with van der Waals surface area (Å²) in [6.07, 6.45) is 7.92. The lowest BCUT2D eigenvalue weighted by atomic mass is 9.93. The first-order valence-electron chi connectivity index (χ1n) is 8.32. The molecular weight excluding hydrogens is 278 g/mol. The molecule has 3 rings (SSSR count). The maximum Gasteiger partial charge on any atom is 0.225 e. The minimum Gasteiger partial charge on any atom is -0.351 e. The van der Waals surface area contributed by atoms with E-state index in [0.717, 1.165) is 51.9 Å². The molecule has 0 atom stereocenters. The number of nitrogens with zero attached hydrogens (tertiary/aromatic N) is 3. The zero-order valence-corrected chi connectivity index (χ0v) is 13.3. The summed E-state index contributed by atoms with van der Waals surface area (Å²) in [4.78, 5) is 27.9. The van der Waals surface area contributed by atoms with Crippen LogP contribution in [-0.2, 0) is 9.59 Å². The quantitative estimate of drug-likeness (QED) is 0.838. The van der Waals surface area contributed by atoms with Crippen molar-refractivity contribution in [1.82, 2.24) is 14.4 Å². The highest BCUT2D eigenvalue weighted by Crippen LogP contribution is 2.26. The summed E-state index contributed by atoms with van der Waals surface area (Å²) in [6.45, 7) is 4.77. The third-order valence-corrected chi connectivity index (χ3v) is 5.11. The average molecular weight is 303 g/mol. The summed E-state index contributed by atoms with van der Waals surface area (Å²) < 4.78 is 2.26. The van der Waals surface area contributed by atoms with E-state index in [1.807, 2.05) is 9.80 Å². The smallest absolute Gasteiger partial charge is 0.225 e. The number of hydrogen-bond donors (Lipinski definition) is 0. The van der Waals surface area contributed by atoms with E-state index >= 15 is 0 Å². The number of hydrogen-bond acceptors (Lipinski definition) is 2. The van der Waals surface area contributed by atoms with Gasteiger partial charge in [0.1, 0.15) is 0 Å². The predicted octanol–water partition coefficient (Wildman–Crippen LogP) is 1.91. The number of piperidine rings is 2. The second kappa shape index (κ2) is 6.55. The van der Waals surface area contributed by atoms with E-state index in [9.17, 15) is 9.59 Å². The van der Waals surface area contributed by atoms with Crippen LogP contribution in [0.4, 0.5) is 0 Å². The van der Waals surface area contributed by atoms with Crippen molar-refractivity contribution in [3.8, 4) is 0 Å². The van der Waals surface area contributed by atoms with Crippen LogP contribution in [0, 0.1) is 5.92 Å². The van der Waals surface area contributed by atoms with Gasteiger partial charge in [-0.2, -0.15) is 0 Å². The van der Waals surface area contributed by atoms with Crippen molar-refractivity contribution in [2.75, 3.05) is 26.2 Å². The molecule has 0 unspecified atom stereocenters. The van der Waals surface area contributed by atoms with Crippen LogP contribution in [0.1, 0.15) is 38.6 Å². The number of carbonyl (C=O) groups is 2. The van der Waals surface area contributed by atoms with Crippen molar-refractivity contribution < 1.29 is 9.59 Å². The van der Waals surface area contributed by atoms with E-state index in [-0.39, 0.29) is 11.8 Å². The Morgan fingerprint density at radius 1 is 0.864 bits per heavy atom. The zero-order chi connectivity index (χ0) is 15.5. The van der Waals surface area contributed by atoms with Crippen molar-refractivity contribution in [2.45, 2.75) is 38.6 Å². The second-order valence-electron chi connectivity index (χ2n) is 6.47. The lowest BCUT2D eigenvalue weighted by Crippen LogP contribution is -2.46. The van der Waals surface area contributed by atoms with E-state index in [1.54, 1.807) is 6.92 Å². The molecule has 2 aliphatic heterocycles. The summed E-state index contributed by atoms with van der Waals surface area (Å²) in [5.41, 5.74) is 0. The molecule has 0 saturated carbocycles. The number of aromatic nitrogens is 1. The molecule has 2 fully saturated rings. The lowest BCUT2D eigenvalue weighted by Gasteiger charge is -2.37. The second-order valence-corrected chi connectivity index (χ2v) is 6.47. The zero-order valence-electron chi connectivity index (χ0n) is 13.3. The summed E-state index contributed by atoms with van der Waals surface area (Å²) in [6, 6.07) is 4.64. The Kier molecular flexibility index (Phi) is 4.50. The summed E-state index contributed by atoms with van der Waals surface area (Å²) in [7, 11) is 0. The fraction of sp³-hybridized carbons (Fsp3) is 0.647. The van der Waals surface area contributed by atoms with Gasteiger partial charge in [0.25, 0.3) is 0 Å². The SMILES string of the molecule is CC(=O)N1CCC(C(=O)N2CCC(n3cccc3)CC2)CC1.